The second kappa shape index (κ2) is 6.30. The summed E-state index contributed by atoms with van der Waals surface area (Å²) in [4.78, 5) is 9.73. The largest absolute Gasteiger partial charge is 0.523 e. The van der Waals surface area contributed by atoms with Crippen molar-refractivity contribution < 1.29 is 19.1 Å². The molecule has 2 aromatic carbocycles. The van der Waals surface area contributed by atoms with Crippen LogP contribution in [-0.2, 0) is 16.3 Å². The highest BCUT2D eigenvalue weighted by Crippen LogP contribution is 2.04. The molecule has 0 radical (unpaired) electrons. The van der Waals surface area contributed by atoms with E-state index in [0.717, 1.165) is 5.56 Å². The SMILES string of the molecule is OB(OOCc1ccc(F)cc1)c1ccccc1. The van der Waals surface area contributed by atoms with E-state index in [2.05, 4.69) is 0 Å². The molecule has 0 fully saturated rings. The zero-order chi connectivity index (χ0) is 12.8. The van der Waals surface area contributed by atoms with Crippen LogP contribution in [0.1, 0.15) is 5.56 Å². The third-order valence-electron chi connectivity index (χ3n) is 2.38. The fraction of sp³-hybridized carbons (Fsp3) is 0.0769. The minimum absolute atomic E-state index is 0.143. The van der Waals surface area contributed by atoms with E-state index in [0.29, 0.717) is 5.46 Å². The number of halogens is 1. The van der Waals surface area contributed by atoms with Crippen LogP contribution in [0.3, 0.4) is 0 Å². The summed E-state index contributed by atoms with van der Waals surface area (Å²) < 4.78 is 12.6. The van der Waals surface area contributed by atoms with Crippen LogP contribution in [0.15, 0.2) is 54.6 Å². The zero-order valence-corrected chi connectivity index (χ0v) is 9.62. The van der Waals surface area contributed by atoms with Crippen LogP contribution < -0.4 is 5.46 Å². The van der Waals surface area contributed by atoms with Gasteiger partial charge in [-0.2, -0.15) is 0 Å². The number of hydrogen-bond donors (Lipinski definition) is 1. The van der Waals surface area contributed by atoms with Crippen molar-refractivity contribution in [3.05, 3.63) is 66.0 Å². The molecule has 0 spiro atoms. The van der Waals surface area contributed by atoms with Crippen molar-refractivity contribution in [3.8, 4) is 0 Å². The van der Waals surface area contributed by atoms with Gasteiger partial charge < -0.3 is 5.02 Å². The Bertz CT molecular complexity index is 475. The van der Waals surface area contributed by atoms with Gasteiger partial charge >= 0.3 is 7.12 Å². The fourth-order valence-corrected chi connectivity index (χ4v) is 1.42. The van der Waals surface area contributed by atoms with Crippen molar-refractivity contribution >= 4 is 12.6 Å². The van der Waals surface area contributed by atoms with Crippen molar-refractivity contribution in [3.63, 3.8) is 0 Å². The van der Waals surface area contributed by atoms with E-state index in [-0.39, 0.29) is 12.4 Å². The second-order valence-corrected chi connectivity index (χ2v) is 3.75. The molecule has 0 heterocycles. The van der Waals surface area contributed by atoms with Crippen LogP contribution in [0.5, 0.6) is 0 Å². The summed E-state index contributed by atoms with van der Waals surface area (Å²) >= 11 is 0. The first-order valence-electron chi connectivity index (χ1n) is 5.51. The monoisotopic (exact) mass is 246 g/mol. The molecule has 0 atom stereocenters. The fourth-order valence-electron chi connectivity index (χ4n) is 1.42. The summed E-state index contributed by atoms with van der Waals surface area (Å²) in [5.74, 6) is -0.302. The number of hydrogen-bond acceptors (Lipinski definition) is 3. The lowest BCUT2D eigenvalue weighted by molar-refractivity contribution is -0.231. The van der Waals surface area contributed by atoms with Crippen molar-refractivity contribution in [1.29, 1.82) is 0 Å². The van der Waals surface area contributed by atoms with Crippen molar-refractivity contribution in [2.75, 3.05) is 0 Å². The molecule has 0 unspecified atom stereocenters. The first-order chi connectivity index (χ1) is 8.75. The van der Waals surface area contributed by atoms with Crippen LogP contribution in [0.25, 0.3) is 0 Å². The normalized spacial score (nSPS) is 10.3. The summed E-state index contributed by atoms with van der Waals surface area (Å²) in [6.07, 6.45) is 0. The maximum atomic E-state index is 12.6. The third kappa shape index (κ3) is 3.66. The van der Waals surface area contributed by atoms with Gasteiger partial charge in [-0.05, 0) is 23.2 Å². The van der Waals surface area contributed by atoms with E-state index in [9.17, 15) is 9.41 Å². The molecular weight excluding hydrogens is 234 g/mol. The van der Waals surface area contributed by atoms with Gasteiger partial charge in [0.1, 0.15) is 12.4 Å². The Morgan fingerprint density at radius 3 is 2.33 bits per heavy atom. The van der Waals surface area contributed by atoms with Gasteiger partial charge in [0.25, 0.3) is 0 Å². The molecule has 5 heteroatoms. The molecule has 2 aromatic rings. The highest BCUT2D eigenvalue weighted by Gasteiger charge is 2.16. The molecule has 0 aliphatic carbocycles. The Labute approximate surface area is 105 Å². The van der Waals surface area contributed by atoms with Crippen molar-refractivity contribution in [2.24, 2.45) is 0 Å². The summed E-state index contributed by atoms with van der Waals surface area (Å²) in [5, 5.41) is 9.64. The van der Waals surface area contributed by atoms with E-state index in [1.165, 1.54) is 12.1 Å². The molecule has 0 saturated heterocycles. The maximum Gasteiger partial charge on any atom is 0.523 e. The lowest BCUT2D eigenvalue weighted by Gasteiger charge is -2.07. The Morgan fingerprint density at radius 2 is 1.67 bits per heavy atom. The van der Waals surface area contributed by atoms with Crippen molar-refractivity contribution in [1.82, 2.24) is 0 Å². The molecule has 0 amide bonds. The topological polar surface area (TPSA) is 38.7 Å². The van der Waals surface area contributed by atoms with E-state index in [1.807, 2.05) is 6.07 Å². The maximum absolute atomic E-state index is 12.6. The Morgan fingerprint density at radius 1 is 1.00 bits per heavy atom. The van der Waals surface area contributed by atoms with Gasteiger partial charge in [-0.3, -0.25) is 4.81 Å². The van der Waals surface area contributed by atoms with Gasteiger partial charge in [0.15, 0.2) is 0 Å². The summed E-state index contributed by atoms with van der Waals surface area (Å²) in [5.41, 5.74) is 1.37. The lowest BCUT2D eigenvalue weighted by atomic mass is 9.80. The van der Waals surface area contributed by atoms with Gasteiger partial charge in [-0.1, -0.05) is 42.5 Å². The standard InChI is InChI=1S/C13H12BFO3/c15-13-8-6-11(7-9-13)10-17-18-14(16)12-4-2-1-3-5-12/h1-9,16H,10H2. The van der Waals surface area contributed by atoms with Gasteiger partial charge in [-0.15, -0.1) is 0 Å². The molecule has 0 aliphatic rings. The molecular formula is C13H12BFO3. The van der Waals surface area contributed by atoms with Gasteiger partial charge in [0, 0.05) is 0 Å². The Hall–Kier alpha value is -1.69. The first-order valence-corrected chi connectivity index (χ1v) is 5.51. The summed E-state index contributed by atoms with van der Waals surface area (Å²) in [7, 11) is -1.13. The van der Waals surface area contributed by atoms with Crippen molar-refractivity contribution in [2.45, 2.75) is 6.61 Å². The summed E-state index contributed by atoms with van der Waals surface area (Å²) in [6, 6.07) is 14.7. The quantitative estimate of drug-likeness (QED) is 0.495. The van der Waals surface area contributed by atoms with E-state index < -0.39 is 7.12 Å². The highest BCUT2D eigenvalue weighted by atomic mass is 19.1. The minimum Gasteiger partial charge on any atom is -0.422 e. The molecule has 2 rings (SSSR count). The average Bonchev–Trinajstić information content (AvgIpc) is 2.42. The first kappa shape index (κ1) is 12.8. The minimum atomic E-state index is -1.13. The van der Waals surface area contributed by atoms with Crippen LogP contribution in [0.4, 0.5) is 4.39 Å². The van der Waals surface area contributed by atoms with E-state index in [4.69, 9.17) is 9.69 Å². The smallest absolute Gasteiger partial charge is 0.422 e. The van der Waals surface area contributed by atoms with E-state index in [1.54, 1.807) is 36.4 Å². The molecule has 0 saturated carbocycles. The number of benzene rings is 2. The second-order valence-electron chi connectivity index (χ2n) is 3.75. The highest BCUT2D eigenvalue weighted by molar-refractivity contribution is 6.59. The molecule has 0 aromatic heterocycles. The lowest BCUT2D eigenvalue weighted by Crippen LogP contribution is -2.33. The predicted octanol–water partition coefficient (Wildman–Crippen LogP) is 1.66. The molecule has 0 aliphatic heterocycles. The van der Waals surface area contributed by atoms with Gasteiger partial charge in [0.2, 0.25) is 0 Å². The molecule has 3 nitrogen and oxygen atoms in total. The van der Waals surface area contributed by atoms with Crippen LogP contribution in [0.2, 0.25) is 0 Å². The zero-order valence-electron chi connectivity index (χ0n) is 9.62. The molecule has 18 heavy (non-hydrogen) atoms. The van der Waals surface area contributed by atoms with Gasteiger partial charge in [-0.25, -0.2) is 9.28 Å². The molecule has 1 N–H and O–H groups in total. The Kier molecular flexibility index (Phi) is 4.47. The summed E-state index contributed by atoms with van der Waals surface area (Å²) in [6.45, 7) is 0.143. The van der Waals surface area contributed by atoms with Crippen LogP contribution >= 0.6 is 0 Å². The number of rotatable bonds is 5. The van der Waals surface area contributed by atoms with E-state index >= 15 is 0 Å². The Balaban J connectivity index is 1.80. The average molecular weight is 246 g/mol. The molecule has 92 valence electrons. The molecule has 0 bridgehead atoms. The third-order valence-corrected chi connectivity index (χ3v) is 2.38. The van der Waals surface area contributed by atoms with Crippen LogP contribution in [-0.4, -0.2) is 12.1 Å². The van der Waals surface area contributed by atoms with Gasteiger partial charge in [0.05, 0.1) is 0 Å². The predicted molar refractivity (Wildman–Crippen MR) is 66.3 cm³/mol. The van der Waals surface area contributed by atoms with Crippen LogP contribution in [0, 0.1) is 5.82 Å².